The molecule has 0 bridgehead atoms. The number of carbonyl (C=O) groups is 3. The molecular weight excluding hydrogens is 520 g/mol. The molecule has 11 N–H and O–H groups in total. The van der Waals surface area contributed by atoms with Crippen LogP contribution < -0.4 is 0 Å². The Morgan fingerprint density at radius 3 is 1.30 bits per heavy atom. The molecule has 3 aliphatic heterocycles. The second kappa shape index (κ2) is 11.3. The first-order chi connectivity index (χ1) is 17.2. The summed E-state index contributed by atoms with van der Waals surface area (Å²) in [5.74, 6) is -5.46. The van der Waals surface area contributed by atoms with Crippen LogP contribution in [0.5, 0.6) is 0 Å². The van der Waals surface area contributed by atoms with Crippen LogP contribution in [0.1, 0.15) is 0 Å². The zero-order chi connectivity index (χ0) is 27.9. The fraction of sp³-hybridized carbons (Fsp3) is 0.833. The van der Waals surface area contributed by atoms with E-state index in [1.54, 1.807) is 0 Å². The molecule has 212 valence electrons. The van der Waals surface area contributed by atoms with Crippen molar-refractivity contribution in [1.82, 2.24) is 0 Å². The monoisotopic (exact) mass is 546 g/mol. The number of ether oxygens (including phenoxy) is 5. The Morgan fingerprint density at radius 1 is 0.459 bits per heavy atom. The minimum absolute atomic E-state index is 1.79. The van der Waals surface area contributed by atoms with Crippen molar-refractivity contribution in [2.24, 2.45) is 0 Å². The Balaban J connectivity index is 1.81. The van der Waals surface area contributed by atoms with E-state index in [2.05, 4.69) is 4.74 Å². The minimum atomic E-state index is -2.29. The maximum atomic E-state index is 11.8. The summed E-state index contributed by atoms with van der Waals surface area (Å²) >= 11 is 0. The molecule has 0 aromatic carbocycles. The van der Waals surface area contributed by atoms with Gasteiger partial charge >= 0.3 is 17.9 Å². The van der Waals surface area contributed by atoms with Crippen molar-refractivity contribution >= 4 is 17.9 Å². The van der Waals surface area contributed by atoms with E-state index in [9.17, 15) is 65.4 Å². The summed E-state index contributed by atoms with van der Waals surface area (Å²) in [6.07, 6.45) is -32.5. The first kappa shape index (κ1) is 29.4. The molecule has 19 nitrogen and oxygen atoms in total. The van der Waals surface area contributed by atoms with Gasteiger partial charge in [0, 0.05) is 0 Å². The smallest absolute Gasteiger partial charge is 0.335 e. The zero-order valence-corrected chi connectivity index (χ0v) is 18.3. The molecule has 15 atom stereocenters. The molecule has 0 aliphatic carbocycles. The number of aliphatic carboxylic acids is 3. The van der Waals surface area contributed by atoms with Crippen LogP contribution in [0.15, 0.2) is 0 Å². The van der Waals surface area contributed by atoms with Crippen LogP contribution in [-0.2, 0) is 38.1 Å². The predicted molar refractivity (Wildman–Crippen MR) is 103 cm³/mol. The van der Waals surface area contributed by atoms with Gasteiger partial charge in [-0.15, -0.1) is 0 Å². The molecular formula is C18H26O19. The lowest BCUT2D eigenvalue weighted by molar-refractivity contribution is -0.368. The van der Waals surface area contributed by atoms with Crippen molar-refractivity contribution in [3.63, 3.8) is 0 Å². The molecule has 37 heavy (non-hydrogen) atoms. The highest BCUT2D eigenvalue weighted by atomic mass is 16.8. The lowest BCUT2D eigenvalue weighted by atomic mass is 9.95. The molecule has 0 radical (unpaired) electrons. The first-order valence-electron chi connectivity index (χ1n) is 10.6. The van der Waals surface area contributed by atoms with Crippen LogP contribution in [0, 0.1) is 0 Å². The van der Waals surface area contributed by atoms with Gasteiger partial charge in [0.05, 0.1) is 0 Å². The van der Waals surface area contributed by atoms with E-state index in [0.717, 1.165) is 0 Å². The second-order valence-corrected chi connectivity index (χ2v) is 8.45. The third-order valence-electron chi connectivity index (χ3n) is 5.99. The highest BCUT2D eigenvalue weighted by Crippen LogP contribution is 2.32. The van der Waals surface area contributed by atoms with Gasteiger partial charge in [0.1, 0.15) is 54.9 Å². The quantitative estimate of drug-likeness (QED) is 0.141. The van der Waals surface area contributed by atoms with Crippen LogP contribution in [-0.4, -0.2) is 166 Å². The van der Waals surface area contributed by atoms with Crippen LogP contribution >= 0.6 is 0 Å². The number of aliphatic hydroxyl groups is 8. The van der Waals surface area contributed by atoms with Crippen molar-refractivity contribution in [3.8, 4) is 0 Å². The largest absolute Gasteiger partial charge is 0.479 e. The van der Waals surface area contributed by atoms with Gasteiger partial charge in [0.2, 0.25) is 0 Å². The summed E-state index contributed by atoms with van der Waals surface area (Å²) in [6.45, 7) is 0. The third kappa shape index (κ3) is 5.68. The molecule has 19 heteroatoms. The number of aliphatic hydroxyl groups excluding tert-OH is 8. The van der Waals surface area contributed by atoms with E-state index in [-0.39, 0.29) is 0 Å². The molecule has 0 aromatic heterocycles. The highest BCUT2D eigenvalue weighted by molar-refractivity contribution is 5.74. The summed E-state index contributed by atoms with van der Waals surface area (Å²) < 4.78 is 24.8. The Morgan fingerprint density at radius 2 is 0.838 bits per heavy atom. The zero-order valence-electron chi connectivity index (χ0n) is 18.3. The van der Waals surface area contributed by atoms with E-state index >= 15 is 0 Å². The van der Waals surface area contributed by atoms with Gasteiger partial charge in [-0.05, 0) is 0 Å². The van der Waals surface area contributed by atoms with Crippen molar-refractivity contribution in [1.29, 1.82) is 0 Å². The number of hydrogen-bond donors (Lipinski definition) is 11. The van der Waals surface area contributed by atoms with E-state index in [0.29, 0.717) is 0 Å². The fourth-order valence-electron chi connectivity index (χ4n) is 3.98. The average molecular weight is 546 g/mol. The molecule has 3 aliphatic rings. The van der Waals surface area contributed by atoms with E-state index in [1.807, 2.05) is 0 Å². The Bertz CT molecular complexity index is 853. The molecule has 0 saturated carbocycles. The fourth-order valence-corrected chi connectivity index (χ4v) is 3.98. The maximum Gasteiger partial charge on any atom is 0.335 e. The Labute approximate surface area is 205 Å². The Kier molecular flexibility index (Phi) is 9.01. The molecule has 0 spiro atoms. The molecule has 0 unspecified atom stereocenters. The number of rotatable bonds is 7. The van der Waals surface area contributed by atoms with Crippen LogP contribution in [0.4, 0.5) is 0 Å². The van der Waals surface area contributed by atoms with Gasteiger partial charge in [-0.25, -0.2) is 14.4 Å². The van der Waals surface area contributed by atoms with E-state index in [4.69, 9.17) is 24.1 Å². The lowest BCUT2D eigenvalue weighted by Crippen LogP contribution is -2.67. The first-order valence-corrected chi connectivity index (χ1v) is 10.6. The highest BCUT2D eigenvalue weighted by Gasteiger charge is 2.56. The second-order valence-electron chi connectivity index (χ2n) is 8.45. The van der Waals surface area contributed by atoms with Crippen LogP contribution in [0.25, 0.3) is 0 Å². The topological polar surface area (TPSA) is 320 Å². The van der Waals surface area contributed by atoms with Crippen molar-refractivity contribution < 1.29 is 94.2 Å². The summed E-state index contributed by atoms with van der Waals surface area (Å²) in [6, 6.07) is 0. The summed E-state index contributed by atoms with van der Waals surface area (Å²) in [7, 11) is 0. The van der Waals surface area contributed by atoms with E-state index < -0.39 is 110 Å². The number of carboxylic acids is 3. The lowest BCUT2D eigenvalue weighted by Gasteiger charge is -2.46. The molecule has 3 rings (SSSR count). The molecule has 0 aromatic rings. The Hall–Kier alpha value is -2.11. The summed E-state index contributed by atoms with van der Waals surface area (Å²) in [5, 5.41) is 108. The van der Waals surface area contributed by atoms with Gasteiger partial charge in [0.25, 0.3) is 0 Å². The van der Waals surface area contributed by atoms with Gasteiger partial charge in [0.15, 0.2) is 37.2 Å². The average Bonchev–Trinajstić information content (AvgIpc) is 2.82. The van der Waals surface area contributed by atoms with Gasteiger partial charge in [-0.3, -0.25) is 0 Å². The van der Waals surface area contributed by atoms with E-state index in [1.165, 1.54) is 0 Å². The van der Waals surface area contributed by atoms with Crippen molar-refractivity contribution in [2.75, 3.05) is 0 Å². The molecule has 0 amide bonds. The standard InChI is InChI=1S/C18H26O19/c19-1-2(20)10(13(26)27)36-17(6(1)24)35-9-4(22)7(25)18(37-12(9)15(30)31)34-8-3(21)5(23)16(32)33-11(8)14(28)29/h1-12,16-25,32H,(H,26,27)(H,28,29)(H,30,31)/t1-,2+,3+,4+,5+,6+,7+,8+,9+,10-,11-,12-,16+,17-,18-/m0/s1. The normalized spacial score (nSPS) is 48.8. The van der Waals surface area contributed by atoms with Crippen molar-refractivity contribution in [2.45, 2.75) is 92.1 Å². The summed E-state index contributed by atoms with van der Waals surface area (Å²) in [4.78, 5) is 34.5. The predicted octanol–water partition coefficient (Wildman–Crippen LogP) is -7.30. The van der Waals surface area contributed by atoms with Crippen molar-refractivity contribution in [3.05, 3.63) is 0 Å². The van der Waals surface area contributed by atoms with Gasteiger partial charge < -0.3 is 79.9 Å². The molecule has 3 heterocycles. The SMILES string of the molecule is O=C(O)[C@H]1O[C@H](O[C@@H]2[C@H](O)[C@@H](O)[C@@H](O[C@@H]3[C@H](O)[C@@H](O)[C@H](O)O[C@@H]3C(=O)O)O[C@@H]2C(=O)O)[C@H](O)[C@@H](O)[C@H]1O. The molecule has 3 saturated heterocycles. The van der Waals surface area contributed by atoms with Crippen LogP contribution in [0.2, 0.25) is 0 Å². The molecule has 3 fully saturated rings. The van der Waals surface area contributed by atoms with Gasteiger partial charge in [-0.2, -0.15) is 0 Å². The van der Waals surface area contributed by atoms with Crippen LogP contribution in [0.3, 0.4) is 0 Å². The number of carboxylic acid groups (broad SMARTS) is 3. The third-order valence-corrected chi connectivity index (χ3v) is 5.99. The number of hydrogen-bond acceptors (Lipinski definition) is 16. The summed E-state index contributed by atoms with van der Waals surface area (Å²) in [5.41, 5.74) is 0. The van der Waals surface area contributed by atoms with Gasteiger partial charge in [-0.1, -0.05) is 0 Å². The maximum absolute atomic E-state index is 11.8. The minimum Gasteiger partial charge on any atom is -0.479 e.